The summed E-state index contributed by atoms with van der Waals surface area (Å²) in [7, 11) is 0. The molecule has 0 heterocycles. The van der Waals surface area contributed by atoms with E-state index in [0.29, 0.717) is 0 Å². The molecule has 1 aliphatic rings. The van der Waals surface area contributed by atoms with E-state index < -0.39 is 0 Å². The molecule has 15 heavy (non-hydrogen) atoms. The predicted molar refractivity (Wildman–Crippen MR) is 57.8 cm³/mol. The molecule has 0 radical (unpaired) electrons. The molecule has 0 bridgehead atoms. The van der Waals surface area contributed by atoms with Crippen molar-refractivity contribution >= 4 is 11.9 Å². The summed E-state index contributed by atoms with van der Waals surface area (Å²) in [4.78, 5) is 11.7. The Bertz CT molecular complexity index is 435. The summed E-state index contributed by atoms with van der Waals surface area (Å²) in [6.07, 6.45) is 3.54. The molecule has 0 aliphatic heterocycles. The highest BCUT2D eigenvalue weighted by atomic mass is 16.1. The fourth-order valence-corrected chi connectivity index (χ4v) is 1.44. The topological polar surface area (TPSA) is 40.9 Å². The number of hydrogen-bond acceptors (Lipinski definition) is 2. The van der Waals surface area contributed by atoms with Crippen molar-refractivity contribution in [1.29, 1.82) is 5.26 Å². The fourth-order valence-electron chi connectivity index (χ4n) is 1.44. The standard InChI is InChI=1S/C13H11NO/c14-9-12(13(15)11-6-7-11)8-10-4-2-1-3-5-10/h1-5,8,11H,6-7H2/b12-8+. The van der Waals surface area contributed by atoms with Crippen molar-refractivity contribution < 1.29 is 4.79 Å². The van der Waals surface area contributed by atoms with E-state index in [1.54, 1.807) is 6.08 Å². The Morgan fingerprint density at radius 1 is 1.33 bits per heavy atom. The van der Waals surface area contributed by atoms with Gasteiger partial charge in [-0.2, -0.15) is 5.26 Å². The molecule has 1 fully saturated rings. The Morgan fingerprint density at radius 2 is 2.00 bits per heavy atom. The molecule has 0 aromatic heterocycles. The Labute approximate surface area is 88.8 Å². The monoisotopic (exact) mass is 197 g/mol. The van der Waals surface area contributed by atoms with Crippen LogP contribution in [-0.4, -0.2) is 5.78 Å². The van der Waals surface area contributed by atoms with Gasteiger partial charge in [-0.3, -0.25) is 4.79 Å². The van der Waals surface area contributed by atoms with Crippen molar-refractivity contribution in [3.8, 4) is 6.07 Å². The van der Waals surface area contributed by atoms with E-state index in [9.17, 15) is 4.79 Å². The van der Waals surface area contributed by atoms with Gasteiger partial charge in [0.25, 0.3) is 0 Å². The van der Waals surface area contributed by atoms with E-state index in [2.05, 4.69) is 0 Å². The molecule has 0 N–H and O–H groups in total. The molecular weight excluding hydrogens is 186 g/mol. The van der Waals surface area contributed by atoms with Crippen LogP contribution in [0, 0.1) is 17.2 Å². The minimum atomic E-state index is 0.00125. The number of allylic oxidation sites excluding steroid dienone is 1. The molecule has 2 rings (SSSR count). The summed E-state index contributed by atoms with van der Waals surface area (Å²) >= 11 is 0. The first-order valence-electron chi connectivity index (χ1n) is 5.02. The maximum Gasteiger partial charge on any atom is 0.176 e. The molecule has 2 nitrogen and oxygen atoms in total. The van der Waals surface area contributed by atoms with Gasteiger partial charge in [-0.1, -0.05) is 30.3 Å². The van der Waals surface area contributed by atoms with Crippen LogP contribution < -0.4 is 0 Å². The van der Waals surface area contributed by atoms with E-state index in [1.165, 1.54) is 0 Å². The van der Waals surface area contributed by atoms with Gasteiger partial charge >= 0.3 is 0 Å². The average molecular weight is 197 g/mol. The third kappa shape index (κ3) is 2.32. The average Bonchev–Trinajstić information content (AvgIpc) is 3.10. The van der Waals surface area contributed by atoms with Crippen LogP contribution in [0.4, 0.5) is 0 Å². The first-order valence-corrected chi connectivity index (χ1v) is 5.02. The predicted octanol–water partition coefficient (Wildman–Crippen LogP) is 2.57. The van der Waals surface area contributed by atoms with E-state index in [4.69, 9.17) is 5.26 Å². The highest BCUT2D eigenvalue weighted by Gasteiger charge is 2.31. The molecule has 1 saturated carbocycles. The lowest BCUT2D eigenvalue weighted by atomic mass is 10.1. The van der Waals surface area contributed by atoms with Crippen molar-refractivity contribution in [2.24, 2.45) is 5.92 Å². The molecule has 74 valence electrons. The van der Waals surface area contributed by atoms with E-state index in [-0.39, 0.29) is 17.3 Å². The molecular formula is C13H11NO. The maximum atomic E-state index is 11.7. The van der Waals surface area contributed by atoms with Gasteiger partial charge in [0.1, 0.15) is 6.07 Å². The minimum Gasteiger partial charge on any atom is -0.293 e. The summed E-state index contributed by atoms with van der Waals surface area (Å²) in [5.74, 6) is 0.112. The SMILES string of the molecule is N#C/C(=C\c1ccccc1)C(=O)C1CC1. The second kappa shape index (κ2) is 4.10. The largest absolute Gasteiger partial charge is 0.293 e. The lowest BCUT2D eigenvalue weighted by Crippen LogP contribution is -2.02. The van der Waals surface area contributed by atoms with E-state index in [0.717, 1.165) is 18.4 Å². The first-order chi connectivity index (χ1) is 7.31. The van der Waals surface area contributed by atoms with Crippen LogP contribution in [0.5, 0.6) is 0 Å². The number of nitrogens with zero attached hydrogens (tertiary/aromatic N) is 1. The molecule has 1 aromatic rings. The van der Waals surface area contributed by atoms with Crippen molar-refractivity contribution in [1.82, 2.24) is 0 Å². The Morgan fingerprint density at radius 3 is 2.53 bits per heavy atom. The van der Waals surface area contributed by atoms with Crippen LogP contribution in [-0.2, 0) is 4.79 Å². The number of benzene rings is 1. The fraction of sp³-hybridized carbons (Fsp3) is 0.231. The number of carbonyl (C=O) groups is 1. The van der Waals surface area contributed by atoms with Crippen molar-refractivity contribution in [2.45, 2.75) is 12.8 Å². The summed E-state index contributed by atoms with van der Waals surface area (Å²) in [6.45, 7) is 0. The van der Waals surface area contributed by atoms with Gasteiger partial charge in [-0.05, 0) is 24.5 Å². The zero-order chi connectivity index (χ0) is 10.7. The molecule has 1 aromatic carbocycles. The van der Waals surface area contributed by atoms with Crippen molar-refractivity contribution in [2.75, 3.05) is 0 Å². The summed E-state index contributed by atoms with van der Waals surface area (Å²) in [5, 5.41) is 8.90. The second-order valence-corrected chi connectivity index (χ2v) is 3.72. The lowest BCUT2D eigenvalue weighted by Gasteiger charge is -1.96. The Hall–Kier alpha value is -1.88. The molecule has 0 amide bonds. The number of hydrogen-bond donors (Lipinski definition) is 0. The number of ketones is 1. The number of Topliss-reactive ketones (excluding diaryl/α,β-unsaturated/α-hetero) is 1. The van der Waals surface area contributed by atoms with Gasteiger partial charge in [0.2, 0.25) is 0 Å². The number of carbonyl (C=O) groups excluding carboxylic acids is 1. The third-order valence-corrected chi connectivity index (χ3v) is 2.44. The first kappa shape index (κ1) is 9.67. The Balaban J connectivity index is 2.23. The van der Waals surface area contributed by atoms with E-state index >= 15 is 0 Å². The van der Waals surface area contributed by atoms with Crippen LogP contribution in [0.15, 0.2) is 35.9 Å². The molecule has 0 unspecified atom stereocenters. The van der Waals surface area contributed by atoms with Crippen LogP contribution in [0.3, 0.4) is 0 Å². The quantitative estimate of drug-likeness (QED) is 0.552. The third-order valence-electron chi connectivity index (χ3n) is 2.44. The molecule has 0 spiro atoms. The summed E-state index contributed by atoms with van der Waals surface area (Å²) in [6, 6.07) is 11.4. The van der Waals surface area contributed by atoms with Crippen molar-refractivity contribution in [3.63, 3.8) is 0 Å². The van der Waals surface area contributed by atoms with Gasteiger partial charge in [0.15, 0.2) is 5.78 Å². The number of nitriles is 1. The molecule has 1 aliphatic carbocycles. The van der Waals surface area contributed by atoms with Crippen LogP contribution >= 0.6 is 0 Å². The highest BCUT2D eigenvalue weighted by molar-refractivity contribution is 6.05. The van der Waals surface area contributed by atoms with Crippen molar-refractivity contribution in [3.05, 3.63) is 41.5 Å². The number of rotatable bonds is 3. The van der Waals surface area contributed by atoms with Crippen LogP contribution in [0.2, 0.25) is 0 Å². The zero-order valence-electron chi connectivity index (χ0n) is 8.31. The molecule has 2 heteroatoms. The normalized spacial score (nSPS) is 15.8. The smallest absolute Gasteiger partial charge is 0.176 e. The second-order valence-electron chi connectivity index (χ2n) is 3.72. The zero-order valence-corrected chi connectivity index (χ0v) is 8.31. The maximum absolute atomic E-state index is 11.7. The van der Waals surface area contributed by atoms with Crippen LogP contribution in [0.1, 0.15) is 18.4 Å². The molecule has 0 saturated heterocycles. The lowest BCUT2D eigenvalue weighted by molar-refractivity contribution is -0.116. The van der Waals surface area contributed by atoms with E-state index in [1.807, 2.05) is 36.4 Å². The van der Waals surface area contributed by atoms with Gasteiger partial charge in [0.05, 0.1) is 5.57 Å². The van der Waals surface area contributed by atoms with Gasteiger partial charge in [-0.15, -0.1) is 0 Å². The summed E-state index contributed by atoms with van der Waals surface area (Å²) < 4.78 is 0. The summed E-state index contributed by atoms with van der Waals surface area (Å²) in [5.41, 5.74) is 1.19. The minimum absolute atomic E-state index is 0.00125. The van der Waals surface area contributed by atoms with Gasteiger partial charge < -0.3 is 0 Å². The van der Waals surface area contributed by atoms with Crippen LogP contribution in [0.25, 0.3) is 6.08 Å². The Kier molecular flexibility index (Phi) is 2.64. The van der Waals surface area contributed by atoms with Gasteiger partial charge in [-0.25, -0.2) is 0 Å². The molecule has 0 atom stereocenters. The highest BCUT2D eigenvalue weighted by Crippen LogP contribution is 2.32. The van der Waals surface area contributed by atoms with Gasteiger partial charge in [0, 0.05) is 5.92 Å².